The maximum Gasteiger partial charge on any atom is 0.122 e. The van der Waals surface area contributed by atoms with Gasteiger partial charge in [-0.1, -0.05) is 109 Å². The van der Waals surface area contributed by atoms with Gasteiger partial charge in [-0.2, -0.15) is 0 Å². The molecule has 0 bridgehead atoms. The van der Waals surface area contributed by atoms with E-state index >= 15 is 0 Å². The Hall–Kier alpha value is -3.06. The van der Waals surface area contributed by atoms with E-state index in [0.717, 1.165) is 37.1 Å². The highest BCUT2D eigenvalue weighted by Crippen LogP contribution is 2.20. The smallest absolute Gasteiger partial charge is 0.122 e. The van der Waals surface area contributed by atoms with Gasteiger partial charge in [0, 0.05) is 0 Å². The number of benzene rings is 3. The van der Waals surface area contributed by atoms with Crippen LogP contribution in [0.4, 0.5) is 0 Å². The highest BCUT2D eigenvalue weighted by atomic mass is 16.6. The summed E-state index contributed by atoms with van der Waals surface area (Å²) in [4.78, 5) is 0. The van der Waals surface area contributed by atoms with Gasteiger partial charge in [0.15, 0.2) is 0 Å². The second kappa shape index (κ2) is 24.3. The molecule has 0 N–H and O–H groups in total. The van der Waals surface area contributed by atoms with E-state index in [1.54, 1.807) is 0 Å². The Morgan fingerprint density at radius 3 is 0.864 bits per heavy atom. The largest absolute Gasteiger partial charge is 0.491 e. The van der Waals surface area contributed by atoms with Crippen LogP contribution in [0.2, 0.25) is 0 Å². The summed E-state index contributed by atoms with van der Waals surface area (Å²) < 4.78 is 31.7. The van der Waals surface area contributed by atoms with Crippen LogP contribution >= 0.6 is 0 Å². The molecule has 0 radical (unpaired) electrons. The van der Waals surface area contributed by atoms with Gasteiger partial charge in [0.1, 0.15) is 55.4 Å². The van der Waals surface area contributed by atoms with Crippen molar-refractivity contribution in [1.82, 2.24) is 0 Å². The molecule has 3 aromatic carbocycles. The zero-order chi connectivity index (χ0) is 32.6. The van der Waals surface area contributed by atoms with Crippen LogP contribution < -0.4 is 14.2 Å². The second-order valence-corrected chi connectivity index (χ2v) is 10.5. The fourth-order valence-electron chi connectivity index (χ4n) is 3.20. The maximum atomic E-state index is 5.54. The Labute approximate surface area is 268 Å². The van der Waals surface area contributed by atoms with Crippen molar-refractivity contribution in [1.29, 1.82) is 0 Å². The summed E-state index contributed by atoms with van der Waals surface area (Å²) >= 11 is 0. The third kappa shape index (κ3) is 19.3. The number of hydrogen-bond donors (Lipinski definition) is 0. The van der Waals surface area contributed by atoms with Crippen LogP contribution in [0.3, 0.4) is 0 Å². The molecule has 6 nitrogen and oxygen atoms in total. The molecule has 3 heterocycles. The summed E-state index contributed by atoms with van der Waals surface area (Å²) in [5.74, 6) is 2.90. The molecule has 0 amide bonds. The van der Waals surface area contributed by atoms with E-state index in [1.165, 1.54) is 29.5 Å². The van der Waals surface area contributed by atoms with Crippen LogP contribution in [0.1, 0.15) is 71.1 Å². The first kappa shape index (κ1) is 39.0. The number of aryl methyl sites for hydroxylation is 3. The minimum atomic E-state index is 0.338. The van der Waals surface area contributed by atoms with E-state index in [2.05, 4.69) is 27.7 Å². The zero-order valence-electron chi connectivity index (χ0n) is 28.8. The van der Waals surface area contributed by atoms with Crippen LogP contribution in [0.15, 0.2) is 72.8 Å². The molecule has 3 aliphatic rings. The first-order chi connectivity index (χ1) is 21.4. The highest BCUT2D eigenvalue weighted by Gasteiger charge is 2.24. The number of para-hydroxylation sites is 3. The molecule has 246 valence electrons. The van der Waals surface area contributed by atoms with Crippen LogP contribution in [0.25, 0.3) is 0 Å². The first-order valence-electron chi connectivity index (χ1n) is 16.3. The standard InChI is InChI=1S/3C10H12O2.2C3H8.C2H6/c3*1-8-4-2-3-5-10(8)12-7-9-6-11-9;2*1-3-2;1-2/h3*2-5,9H,6-7H2,1H3;2*3H2,1-2H3;1-2H3. The lowest BCUT2D eigenvalue weighted by atomic mass is 10.2. The number of hydrogen-bond acceptors (Lipinski definition) is 6. The summed E-state index contributed by atoms with van der Waals surface area (Å²) in [6, 6.07) is 24.1. The SMILES string of the molecule is CC.CCC.CCC.Cc1ccccc1OCC1CO1.Cc1ccccc1OCC1CO1.Cc1ccccc1OCC1CO1. The topological polar surface area (TPSA) is 65.3 Å². The fraction of sp³-hybridized carbons (Fsp3) is 0.526. The summed E-state index contributed by atoms with van der Waals surface area (Å²) in [5.41, 5.74) is 3.54. The molecular formula is C38H58O6. The van der Waals surface area contributed by atoms with Crippen molar-refractivity contribution in [2.24, 2.45) is 0 Å². The molecular weight excluding hydrogens is 552 g/mol. The Morgan fingerprint density at radius 2 is 0.682 bits per heavy atom. The molecule has 3 aromatic rings. The van der Waals surface area contributed by atoms with E-state index in [1.807, 2.05) is 107 Å². The average Bonchev–Trinajstić information content (AvgIpc) is 3.88. The van der Waals surface area contributed by atoms with E-state index in [4.69, 9.17) is 28.4 Å². The molecule has 6 heteroatoms. The molecule has 0 aliphatic carbocycles. The average molecular weight is 611 g/mol. The van der Waals surface area contributed by atoms with Gasteiger partial charge in [-0.25, -0.2) is 0 Å². The predicted octanol–water partition coefficient (Wildman–Crippen LogP) is 9.18. The van der Waals surface area contributed by atoms with Crippen molar-refractivity contribution in [3.8, 4) is 17.2 Å². The van der Waals surface area contributed by atoms with Crippen LogP contribution in [0, 0.1) is 20.8 Å². The van der Waals surface area contributed by atoms with Gasteiger partial charge in [-0.15, -0.1) is 0 Å². The lowest BCUT2D eigenvalue weighted by Gasteiger charge is -2.06. The molecule has 3 fully saturated rings. The summed E-state index contributed by atoms with van der Waals surface area (Å²) in [7, 11) is 0. The van der Waals surface area contributed by atoms with Crippen LogP contribution in [-0.4, -0.2) is 58.0 Å². The van der Waals surface area contributed by atoms with Crippen molar-refractivity contribution in [2.75, 3.05) is 39.6 Å². The lowest BCUT2D eigenvalue weighted by Crippen LogP contribution is -2.04. The minimum Gasteiger partial charge on any atom is -0.491 e. The maximum absolute atomic E-state index is 5.54. The lowest BCUT2D eigenvalue weighted by molar-refractivity contribution is 0.262. The third-order valence-electron chi connectivity index (χ3n) is 5.76. The summed E-state index contributed by atoms with van der Waals surface area (Å²) in [6.45, 7) is 23.2. The quantitative estimate of drug-likeness (QED) is 0.225. The molecule has 44 heavy (non-hydrogen) atoms. The van der Waals surface area contributed by atoms with E-state index in [-0.39, 0.29) is 0 Å². The molecule has 3 unspecified atom stereocenters. The van der Waals surface area contributed by atoms with Gasteiger partial charge in [-0.05, 0) is 55.7 Å². The van der Waals surface area contributed by atoms with Gasteiger partial charge in [0.2, 0.25) is 0 Å². The molecule has 0 aromatic heterocycles. The van der Waals surface area contributed by atoms with Crippen molar-refractivity contribution in [3.05, 3.63) is 89.5 Å². The van der Waals surface area contributed by atoms with Gasteiger partial charge >= 0.3 is 0 Å². The van der Waals surface area contributed by atoms with Crippen LogP contribution in [-0.2, 0) is 14.2 Å². The Kier molecular flexibility index (Phi) is 21.5. The Morgan fingerprint density at radius 1 is 0.477 bits per heavy atom. The summed E-state index contributed by atoms with van der Waals surface area (Å²) in [6.07, 6.45) is 3.51. The summed E-state index contributed by atoms with van der Waals surface area (Å²) in [5, 5.41) is 0. The monoisotopic (exact) mass is 610 g/mol. The minimum absolute atomic E-state index is 0.338. The fourth-order valence-corrected chi connectivity index (χ4v) is 3.20. The normalized spacial score (nSPS) is 17.8. The zero-order valence-corrected chi connectivity index (χ0v) is 28.8. The van der Waals surface area contributed by atoms with Gasteiger partial charge in [0.05, 0.1) is 19.8 Å². The number of ether oxygens (including phenoxy) is 6. The molecule has 3 saturated heterocycles. The van der Waals surface area contributed by atoms with E-state index in [0.29, 0.717) is 38.1 Å². The van der Waals surface area contributed by atoms with Crippen LogP contribution in [0.5, 0.6) is 17.2 Å². The van der Waals surface area contributed by atoms with Crippen molar-refractivity contribution >= 4 is 0 Å². The van der Waals surface area contributed by atoms with Crippen molar-refractivity contribution < 1.29 is 28.4 Å². The molecule has 0 spiro atoms. The predicted molar refractivity (Wildman–Crippen MR) is 183 cm³/mol. The van der Waals surface area contributed by atoms with Crippen molar-refractivity contribution in [3.63, 3.8) is 0 Å². The molecule has 6 rings (SSSR count). The number of rotatable bonds is 9. The molecule has 0 saturated carbocycles. The van der Waals surface area contributed by atoms with E-state index < -0.39 is 0 Å². The Balaban J connectivity index is 0.000000295. The number of epoxide rings is 3. The van der Waals surface area contributed by atoms with Crippen molar-refractivity contribution in [2.45, 2.75) is 93.5 Å². The first-order valence-corrected chi connectivity index (χ1v) is 16.3. The molecule has 3 atom stereocenters. The van der Waals surface area contributed by atoms with Gasteiger partial charge in [-0.3, -0.25) is 0 Å². The second-order valence-electron chi connectivity index (χ2n) is 10.5. The van der Waals surface area contributed by atoms with Gasteiger partial charge in [0.25, 0.3) is 0 Å². The van der Waals surface area contributed by atoms with E-state index in [9.17, 15) is 0 Å². The highest BCUT2D eigenvalue weighted by molar-refractivity contribution is 5.33. The third-order valence-corrected chi connectivity index (χ3v) is 5.76. The van der Waals surface area contributed by atoms with Gasteiger partial charge < -0.3 is 28.4 Å². The Bertz CT molecular complexity index is 967. The molecule has 3 aliphatic heterocycles.